The maximum Gasteiger partial charge on any atom is 0.256 e. The SMILES string of the molecule is O=C1c2c(-c3ccncc3)ccnc2CN1CCc1nc2ccccc2s1. The van der Waals surface area contributed by atoms with E-state index in [1.165, 1.54) is 4.70 Å². The number of hydrogen-bond donors (Lipinski definition) is 0. The van der Waals surface area contributed by atoms with E-state index in [0.29, 0.717) is 18.7 Å². The fraction of sp³-hybridized carbons (Fsp3) is 0.143. The minimum atomic E-state index is 0.0472. The van der Waals surface area contributed by atoms with Gasteiger partial charge in [-0.05, 0) is 41.5 Å². The van der Waals surface area contributed by atoms with E-state index in [2.05, 4.69) is 21.0 Å². The lowest BCUT2D eigenvalue weighted by atomic mass is 10.0. The number of aromatic nitrogens is 3. The molecule has 132 valence electrons. The van der Waals surface area contributed by atoms with E-state index in [9.17, 15) is 4.79 Å². The lowest BCUT2D eigenvalue weighted by molar-refractivity contribution is 0.0780. The zero-order valence-electron chi connectivity index (χ0n) is 14.5. The van der Waals surface area contributed by atoms with Crippen molar-refractivity contribution in [1.82, 2.24) is 19.9 Å². The number of nitrogens with zero attached hydrogens (tertiary/aromatic N) is 4. The Labute approximate surface area is 160 Å². The van der Waals surface area contributed by atoms with Crippen LogP contribution in [-0.4, -0.2) is 32.3 Å². The highest BCUT2D eigenvalue weighted by atomic mass is 32.1. The monoisotopic (exact) mass is 372 g/mol. The topological polar surface area (TPSA) is 59.0 Å². The molecule has 1 amide bonds. The van der Waals surface area contributed by atoms with Crippen LogP contribution in [0.1, 0.15) is 21.1 Å². The average molecular weight is 372 g/mol. The predicted octanol–water partition coefficient (Wildman–Crippen LogP) is 3.95. The van der Waals surface area contributed by atoms with Crippen molar-refractivity contribution in [3.8, 4) is 11.1 Å². The van der Waals surface area contributed by atoms with Gasteiger partial charge >= 0.3 is 0 Å². The van der Waals surface area contributed by atoms with Crippen molar-refractivity contribution in [2.45, 2.75) is 13.0 Å². The van der Waals surface area contributed by atoms with E-state index >= 15 is 0 Å². The summed E-state index contributed by atoms with van der Waals surface area (Å²) in [5.41, 5.74) is 4.50. The number of para-hydroxylation sites is 1. The number of amides is 1. The number of thiazole rings is 1. The van der Waals surface area contributed by atoms with Crippen molar-refractivity contribution in [1.29, 1.82) is 0 Å². The Balaban J connectivity index is 1.39. The third kappa shape index (κ3) is 2.88. The quantitative estimate of drug-likeness (QED) is 0.544. The third-order valence-corrected chi connectivity index (χ3v) is 5.89. The van der Waals surface area contributed by atoms with Gasteiger partial charge in [-0.25, -0.2) is 4.98 Å². The van der Waals surface area contributed by atoms with Gasteiger partial charge in [0.25, 0.3) is 5.91 Å². The number of benzene rings is 1. The highest BCUT2D eigenvalue weighted by molar-refractivity contribution is 7.18. The standard InChI is InChI=1S/C21H16N4OS/c26-21-20-15(14-5-9-22-10-6-14)7-11-23-17(20)13-25(21)12-8-19-24-16-3-1-2-4-18(16)27-19/h1-7,9-11H,8,12-13H2. The lowest BCUT2D eigenvalue weighted by Crippen LogP contribution is -2.26. The molecule has 0 saturated carbocycles. The smallest absolute Gasteiger partial charge is 0.256 e. The second-order valence-corrected chi connectivity index (χ2v) is 7.58. The van der Waals surface area contributed by atoms with E-state index in [4.69, 9.17) is 0 Å². The first-order valence-corrected chi connectivity index (χ1v) is 9.63. The van der Waals surface area contributed by atoms with Crippen LogP contribution in [0.25, 0.3) is 21.3 Å². The number of carbonyl (C=O) groups excluding carboxylic acids is 1. The van der Waals surface area contributed by atoms with Crippen molar-refractivity contribution in [2.24, 2.45) is 0 Å². The lowest BCUT2D eigenvalue weighted by Gasteiger charge is -2.14. The molecule has 0 spiro atoms. The highest BCUT2D eigenvalue weighted by Crippen LogP contribution is 2.31. The van der Waals surface area contributed by atoms with Crippen LogP contribution in [-0.2, 0) is 13.0 Å². The molecule has 1 aromatic carbocycles. The molecule has 0 bridgehead atoms. The maximum atomic E-state index is 13.0. The average Bonchev–Trinajstić information content (AvgIpc) is 3.27. The molecule has 5 nitrogen and oxygen atoms in total. The molecular formula is C21H16N4OS. The van der Waals surface area contributed by atoms with E-state index < -0.39 is 0 Å². The summed E-state index contributed by atoms with van der Waals surface area (Å²) in [4.78, 5) is 28.1. The molecule has 0 N–H and O–H groups in total. The van der Waals surface area contributed by atoms with E-state index in [1.807, 2.05) is 41.3 Å². The molecule has 6 heteroatoms. The molecule has 0 radical (unpaired) electrons. The van der Waals surface area contributed by atoms with Crippen LogP contribution in [0.2, 0.25) is 0 Å². The molecule has 0 fully saturated rings. The Morgan fingerprint density at radius 3 is 2.74 bits per heavy atom. The van der Waals surface area contributed by atoms with Gasteiger partial charge in [0.1, 0.15) is 0 Å². The van der Waals surface area contributed by atoms with Crippen LogP contribution in [0.4, 0.5) is 0 Å². The fourth-order valence-corrected chi connectivity index (χ4v) is 4.44. The summed E-state index contributed by atoms with van der Waals surface area (Å²) < 4.78 is 1.19. The second-order valence-electron chi connectivity index (χ2n) is 6.47. The van der Waals surface area contributed by atoms with Gasteiger partial charge in [0.05, 0.1) is 33.0 Å². The molecule has 1 aliphatic heterocycles. The Morgan fingerprint density at radius 1 is 1.04 bits per heavy atom. The van der Waals surface area contributed by atoms with Crippen LogP contribution in [0.5, 0.6) is 0 Å². The molecule has 5 rings (SSSR count). The van der Waals surface area contributed by atoms with E-state index in [1.54, 1.807) is 29.9 Å². The maximum absolute atomic E-state index is 13.0. The molecule has 27 heavy (non-hydrogen) atoms. The summed E-state index contributed by atoms with van der Waals surface area (Å²) in [5.74, 6) is 0.0472. The van der Waals surface area contributed by atoms with Crippen molar-refractivity contribution < 1.29 is 4.79 Å². The van der Waals surface area contributed by atoms with Gasteiger partial charge in [-0.1, -0.05) is 12.1 Å². The van der Waals surface area contributed by atoms with Crippen molar-refractivity contribution >= 4 is 27.5 Å². The summed E-state index contributed by atoms with van der Waals surface area (Å²) in [6.07, 6.45) is 6.02. The zero-order valence-corrected chi connectivity index (χ0v) is 15.3. The van der Waals surface area contributed by atoms with Gasteiger partial charge in [0, 0.05) is 31.6 Å². The third-order valence-electron chi connectivity index (χ3n) is 4.80. The fourth-order valence-electron chi connectivity index (χ4n) is 3.48. The Morgan fingerprint density at radius 2 is 1.89 bits per heavy atom. The Bertz CT molecular complexity index is 1110. The molecule has 4 heterocycles. The van der Waals surface area contributed by atoms with E-state index in [-0.39, 0.29) is 5.91 Å². The van der Waals surface area contributed by atoms with Crippen molar-refractivity contribution in [3.05, 3.63) is 77.3 Å². The van der Waals surface area contributed by atoms with Gasteiger partial charge in [-0.2, -0.15) is 0 Å². The number of carbonyl (C=O) groups is 1. The Hall–Kier alpha value is -3.12. The van der Waals surface area contributed by atoms with Crippen LogP contribution in [0.3, 0.4) is 0 Å². The molecule has 0 saturated heterocycles. The number of hydrogen-bond acceptors (Lipinski definition) is 5. The summed E-state index contributed by atoms with van der Waals surface area (Å²) in [7, 11) is 0. The largest absolute Gasteiger partial charge is 0.332 e. The first-order valence-electron chi connectivity index (χ1n) is 8.81. The summed E-state index contributed by atoms with van der Waals surface area (Å²) in [6.45, 7) is 1.20. The minimum Gasteiger partial charge on any atom is -0.332 e. The van der Waals surface area contributed by atoms with Gasteiger partial charge in [0.2, 0.25) is 0 Å². The molecule has 0 atom stereocenters. The number of fused-ring (bicyclic) bond motifs is 2. The van der Waals surface area contributed by atoms with E-state index in [0.717, 1.165) is 33.8 Å². The molecule has 0 unspecified atom stereocenters. The van der Waals surface area contributed by atoms with Crippen molar-refractivity contribution in [2.75, 3.05) is 6.54 Å². The highest BCUT2D eigenvalue weighted by Gasteiger charge is 2.31. The predicted molar refractivity (Wildman–Crippen MR) is 106 cm³/mol. The Kier molecular flexibility index (Phi) is 3.90. The van der Waals surface area contributed by atoms with Crippen molar-refractivity contribution in [3.63, 3.8) is 0 Å². The molecule has 4 aromatic rings. The van der Waals surface area contributed by atoms with Crippen LogP contribution >= 0.6 is 11.3 Å². The van der Waals surface area contributed by atoms with Crippen LogP contribution in [0.15, 0.2) is 61.1 Å². The zero-order chi connectivity index (χ0) is 18.2. The van der Waals surface area contributed by atoms with Gasteiger partial charge in [-0.15, -0.1) is 11.3 Å². The molecule has 0 aliphatic carbocycles. The van der Waals surface area contributed by atoms with Gasteiger partial charge in [0.15, 0.2) is 0 Å². The number of pyridine rings is 2. The second kappa shape index (κ2) is 6.55. The normalized spacial score (nSPS) is 13.3. The first-order chi connectivity index (χ1) is 13.3. The van der Waals surface area contributed by atoms with Gasteiger partial charge in [-0.3, -0.25) is 14.8 Å². The molecule has 1 aliphatic rings. The minimum absolute atomic E-state index is 0.0472. The van der Waals surface area contributed by atoms with Gasteiger partial charge < -0.3 is 4.90 Å². The summed E-state index contributed by atoms with van der Waals surface area (Å²) >= 11 is 1.69. The summed E-state index contributed by atoms with van der Waals surface area (Å²) in [5, 5.41) is 1.06. The first kappa shape index (κ1) is 16.1. The molecular weight excluding hydrogens is 356 g/mol. The van der Waals surface area contributed by atoms with Crippen LogP contribution in [0, 0.1) is 0 Å². The molecule has 3 aromatic heterocycles. The number of rotatable bonds is 4. The summed E-state index contributed by atoms with van der Waals surface area (Å²) in [6, 6.07) is 13.9. The van der Waals surface area contributed by atoms with Crippen LogP contribution < -0.4 is 0 Å².